The number of ether oxygens (including phenoxy) is 2. The molecule has 2 aromatic rings. The van der Waals surface area contributed by atoms with Crippen LogP contribution >= 0.6 is 11.3 Å². The maximum atomic E-state index is 5.39. The highest BCUT2D eigenvalue weighted by Gasteiger charge is 2.15. The number of rotatable bonds is 5. The second-order valence-electron chi connectivity index (χ2n) is 5.67. The molecule has 1 N–H and O–H groups in total. The normalized spacial score (nSPS) is 11.5. The standard InChI is InChI=1S/C15H21N3O2S/c1-15(2,3)16-9-13-17-18-14(21-13)11-8-10(19-4)6-7-12(11)20-5/h6-8,16H,9H2,1-5H3. The van der Waals surface area contributed by atoms with Crippen LogP contribution in [0.25, 0.3) is 10.6 Å². The number of hydrogen-bond acceptors (Lipinski definition) is 6. The van der Waals surface area contributed by atoms with Gasteiger partial charge >= 0.3 is 0 Å². The van der Waals surface area contributed by atoms with E-state index < -0.39 is 0 Å². The third-order valence-electron chi connectivity index (χ3n) is 2.87. The highest BCUT2D eigenvalue weighted by atomic mass is 32.1. The van der Waals surface area contributed by atoms with Gasteiger partial charge in [0.1, 0.15) is 16.5 Å². The Morgan fingerprint density at radius 1 is 1.14 bits per heavy atom. The van der Waals surface area contributed by atoms with Crippen molar-refractivity contribution in [3.05, 3.63) is 23.2 Å². The number of methoxy groups -OCH3 is 2. The van der Waals surface area contributed by atoms with Crippen molar-refractivity contribution in [3.8, 4) is 22.1 Å². The topological polar surface area (TPSA) is 56.3 Å². The first-order chi connectivity index (χ1) is 9.93. The molecule has 1 aromatic carbocycles. The van der Waals surface area contributed by atoms with Gasteiger partial charge in [0.05, 0.1) is 26.3 Å². The van der Waals surface area contributed by atoms with Gasteiger partial charge in [-0.3, -0.25) is 0 Å². The Morgan fingerprint density at radius 2 is 1.90 bits per heavy atom. The molecule has 1 aromatic heterocycles. The third kappa shape index (κ3) is 4.15. The Bertz CT molecular complexity index is 605. The van der Waals surface area contributed by atoms with E-state index in [0.717, 1.165) is 27.1 Å². The van der Waals surface area contributed by atoms with Crippen molar-refractivity contribution in [1.82, 2.24) is 15.5 Å². The molecule has 5 nitrogen and oxygen atoms in total. The molecule has 0 fully saturated rings. The van der Waals surface area contributed by atoms with Crippen LogP contribution in [0.4, 0.5) is 0 Å². The highest BCUT2D eigenvalue weighted by Crippen LogP contribution is 2.35. The summed E-state index contributed by atoms with van der Waals surface area (Å²) in [5.41, 5.74) is 0.954. The van der Waals surface area contributed by atoms with Crippen molar-refractivity contribution in [1.29, 1.82) is 0 Å². The molecule has 0 saturated heterocycles. The minimum absolute atomic E-state index is 0.0551. The fourth-order valence-corrected chi connectivity index (χ4v) is 2.56. The molecule has 0 radical (unpaired) electrons. The molecule has 0 unspecified atom stereocenters. The first-order valence-corrected chi connectivity index (χ1v) is 7.54. The van der Waals surface area contributed by atoms with Gasteiger partial charge in [-0.1, -0.05) is 11.3 Å². The molecule has 1 heterocycles. The van der Waals surface area contributed by atoms with E-state index in [1.54, 1.807) is 25.6 Å². The van der Waals surface area contributed by atoms with E-state index in [1.165, 1.54) is 0 Å². The molecule has 0 aliphatic carbocycles. The molecule has 0 aliphatic rings. The summed E-state index contributed by atoms with van der Waals surface area (Å²) in [6, 6.07) is 5.66. The van der Waals surface area contributed by atoms with Gasteiger partial charge in [-0.05, 0) is 39.0 Å². The Morgan fingerprint density at radius 3 is 2.52 bits per heavy atom. The minimum Gasteiger partial charge on any atom is -0.497 e. The minimum atomic E-state index is 0.0551. The summed E-state index contributed by atoms with van der Waals surface area (Å²) in [6.45, 7) is 7.08. The molecule has 21 heavy (non-hydrogen) atoms. The zero-order chi connectivity index (χ0) is 15.5. The SMILES string of the molecule is COc1ccc(OC)c(-c2nnc(CNC(C)(C)C)s2)c1. The Balaban J connectivity index is 2.24. The lowest BCUT2D eigenvalue weighted by Gasteiger charge is -2.19. The number of hydrogen-bond donors (Lipinski definition) is 1. The van der Waals surface area contributed by atoms with E-state index in [-0.39, 0.29) is 5.54 Å². The molecule has 0 bridgehead atoms. The largest absolute Gasteiger partial charge is 0.497 e. The molecule has 0 amide bonds. The van der Waals surface area contributed by atoms with Crippen LogP contribution in [-0.2, 0) is 6.54 Å². The monoisotopic (exact) mass is 307 g/mol. The van der Waals surface area contributed by atoms with Crippen LogP contribution in [0.2, 0.25) is 0 Å². The molecule has 0 atom stereocenters. The number of aromatic nitrogens is 2. The predicted molar refractivity (Wildman–Crippen MR) is 85.0 cm³/mol. The second kappa shape index (κ2) is 6.41. The van der Waals surface area contributed by atoms with Crippen LogP contribution in [-0.4, -0.2) is 30.0 Å². The van der Waals surface area contributed by atoms with Gasteiger partial charge in [0, 0.05) is 5.54 Å². The third-order valence-corrected chi connectivity index (χ3v) is 3.83. The van der Waals surface area contributed by atoms with Gasteiger partial charge in [0.25, 0.3) is 0 Å². The quantitative estimate of drug-likeness (QED) is 0.920. The zero-order valence-electron chi connectivity index (χ0n) is 13.1. The molecule has 0 aliphatic heterocycles. The summed E-state index contributed by atoms with van der Waals surface area (Å²) in [5, 5.41) is 13.7. The summed E-state index contributed by atoms with van der Waals surface area (Å²) in [4.78, 5) is 0. The van der Waals surface area contributed by atoms with E-state index in [9.17, 15) is 0 Å². The number of benzene rings is 1. The van der Waals surface area contributed by atoms with Crippen LogP contribution in [0.3, 0.4) is 0 Å². The van der Waals surface area contributed by atoms with E-state index in [0.29, 0.717) is 6.54 Å². The van der Waals surface area contributed by atoms with Crippen LogP contribution in [0, 0.1) is 0 Å². The Kier molecular flexibility index (Phi) is 4.80. The van der Waals surface area contributed by atoms with Crippen LogP contribution in [0.5, 0.6) is 11.5 Å². The average molecular weight is 307 g/mol. The molecular weight excluding hydrogens is 286 g/mol. The van der Waals surface area contributed by atoms with Crippen LogP contribution < -0.4 is 14.8 Å². The number of nitrogens with one attached hydrogen (secondary N) is 1. The zero-order valence-corrected chi connectivity index (χ0v) is 13.9. The van der Waals surface area contributed by atoms with Crippen LogP contribution in [0.15, 0.2) is 18.2 Å². The van der Waals surface area contributed by atoms with Gasteiger partial charge in [-0.25, -0.2) is 0 Å². The van der Waals surface area contributed by atoms with Crippen molar-refractivity contribution in [3.63, 3.8) is 0 Å². The van der Waals surface area contributed by atoms with Crippen molar-refractivity contribution in [2.24, 2.45) is 0 Å². The smallest absolute Gasteiger partial charge is 0.151 e. The molecule has 0 saturated carbocycles. The van der Waals surface area contributed by atoms with Gasteiger partial charge in [-0.15, -0.1) is 10.2 Å². The van der Waals surface area contributed by atoms with Gasteiger partial charge in [-0.2, -0.15) is 0 Å². The second-order valence-corrected chi connectivity index (χ2v) is 6.73. The van der Waals surface area contributed by atoms with E-state index >= 15 is 0 Å². The predicted octanol–water partition coefficient (Wildman–Crippen LogP) is 3.11. The summed E-state index contributed by atoms with van der Waals surface area (Å²) in [6.07, 6.45) is 0. The molecule has 0 spiro atoms. The maximum absolute atomic E-state index is 5.39. The lowest BCUT2D eigenvalue weighted by atomic mass is 10.1. The van der Waals surface area contributed by atoms with Crippen LogP contribution in [0.1, 0.15) is 25.8 Å². The molecular formula is C15H21N3O2S. The molecule has 2 rings (SSSR count). The summed E-state index contributed by atoms with van der Waals surface area (Å²) >= 11 is 1.56. The fraction of sp³-hybridized carbons (Fsp3) is 0.467. The van der Waals surface area contributed by atoms with Crippen molar-refractivity contribution < 1.29 is 9.47 Å². The average Bonchev–Trinajstić information content (AvgIpc) is 2.92. The summed E-state index contributed by atoms with van der Waals surface area (Å²) in [5.74, 6) is 1.54. The lowest BCUT2D eigenvalue weighted by molar-refractivity contribution is 0.404. The summed E-state index contributed by atoms with van der Waals surface area (Å²) in [7, 11) is 3.29. The van der Waals surface area contributed by atoms with Gasteiger partial charge in [0.15, 0.2) is 5.01 Å². The maximum Gasteiger partial charge on any atom is 0.151 e. The van der Waals surface area contributed by atoms with Gasteiger partial charge in [0.2, 0.25) is 0 Å². The van der Waals surface area contributed by atoms with Gasteiger partial charge < -0.3 is 14.8 Å². The van der Waals surface area contributed by atoms with E-state index in [2.05, 4.69) is 36.3 Å². The molecule has 6 heteroatoms. The molecule has 114 valence electrons. The Hall–Kier alpha value is -1.66. The van der Waals surface area contributed by atoms with Crippen molar-refractivity contribution >= 4 is 11.3 Å². The highest BCUT2D eigenvalue weighted by molar-refractivity contribution is 7.14. The van der Waals surface area contributed by atoms with Crippen molar-refractivity contribution in [2.75, 3.05) is 14.2 Å². The first kappa shape index (κ1) is 15.7. The number of nitrogens with zero attached hydrogens (tertiary/aromatic N) is 2. The Labute approximate surface area is 129 Å². The first-order valence-electron chi connectivity index (χ1n) is 6.73. The van der Waals surface area contributed by atoms with E-state index in [1.807, 2.05) is 18.2 Å². The lowest BCUT2D eigenvalue weighted by Crippen LogP contribution is -2.35. The van der Waals surface area contributed by atoms with E-state index in [4.69, 9.17) is 9.47 Å². The van der Waals surface area contributed by atoms with Crippen molar-refractivity contribution in [2.45, 2.75) is 32.9 Å². The fourth-order valence-electron chi connectivity index (χ4n) is 1.76. The summed E-state index contributed by atoms with van der Waals surface area (Å²) < 4.78 is 10.7.